The van der Waals surface area contributed by atoms with Crippen LogP contribution >= 0.6 is 0 Å². The van der Waals surface area contributed by atoms with Crippen molar-refractivity contribution in [3.8, 4) is 5.75 Å². The highest BCUT2D eigenvalue weighted by Crippen LogP contribution is 2.28. The van der Waals surface area contributed by atoms with Crippen LogP contribution in [0.3, 0.4) is 0 Å². The van der Waals surface area contributed by atoms with Gasteiger partial charge in [-0.3, -0.25) is 14.2 Å². The molecule has 1 saturated heterocycles. The van der Waals surface area contributed by atoms with Crippen molar-refractivity contribution in [2.24, 2.45) is 0 Å². The van der Waals surface area contributed by atoms with E-state index < -0.39 is 6.04 Å². The van der Waals surface area contributed by atoms with E-state index in [0.717, 1.165) is 10.9 Å². The summed E-state index contributed by atoms with van der Waals surface area (Å²) in [4.78, 5) is 27.3. The van der Waals surface area contributed by atoms with Crippen molar-refractivity contribution < 1.29 is 14.3 Å². The monoisotopic (exact) mass is 330 g/mol. The summed E-state index contributed by atoms with van der Waals surface area (Å²) < 4.78 is 12.3. The Balaban J connectivity index is 2.14. The van der Waals surface area contributed by atoms with E-state index in [0.29, 0.717) is 37.6 Å². The number of aromatic nitrogens is 1. The predicted octanol–water partition coefficient (Wildman–Crippen LogP) is 1.74. The summed E-state index contributed by atoms with van der Waals surface area (Å²) in [6, 6.07) is 6.61. The molecule has 6 heteroatoms. The molecule has 0 bridgehead atoms. The average molecular weight is 330 g/mol. The Morgan fingerprint density at radius 1 is 1.29 bits per heavy atom. The first kappa shape index (κ1) is 16.5. The molecule has 1 amide bonds. The Bertz CT molecular complexity index is 822. The number of fused-ring (bicyclic) bond motifs is 1. The predicted molar refractivity (Wildman–Crippen MR) is 91.6 cm³/mol. The summed E-state index contributed by atoms with van der Waals surface area (Å²) in [7, 11) is 1.57. The van der Waals surface area contributed by atoms with E-state index in [4.69, 9.17) is 9.47 Å². The highest BCUT2D eigenvalue weighted by atomic mass is 16.5. The number of pyridine rings is 1. The fourth-order valence-electron chi connectivity index (χ4n) is 3.24. The number of para-hydroxylation sites is 1. The molecule has 0 saturated carbocycles. The van der Waals surface area contributed by atoms with Gasteiger partial charge in [0.2, 0.25) is 5.91 Å². The smallest absolute Gasteiger partial charge is 0.252 e. The van der Waals surface area contributed by atoms with Gasteiger partial charge in [-0.05, 0) is 25.5 Å². The van der Waals surface area contributed by atoms with Crippen LogP contribution in [0.25, 0.3) is 10.9 Å². The molecule has 1 fully saturated rings. The van der Waals surface area contributed by atoms with Gasteiger partial charge < -0.3 is 14.4 Å². The van der Waals surface area contributed by atoms with E-state index in [9.17, 15) is 9.59 Å². The number of carbonyl (C=O) groups is 1. The number of methoxy groups -OCH3 is 1. The average Bonchev–Trinajstić information content (AvgIpc) is 2.61. The third-order valence-corrected chi connectivity index (χ3v) is 4.53. The quantitative estimate of drug-likeness (QED) is 0.860. The Kier molecular flexibility index (Phi) is 4.57. The van der Waals surface area contributed by atoms with Crippen LogP contribution in [0.1, 0.15) is 18.5 Å². The van der Waals surface area contributed by atoms with E-state index in [1.165, 1.54) is 0 Å². The summed E-state index contributed by atoms with van der Waals surface area (Å²) in [5.41, 5.74) is 1.34. The van der Waals surface area contributed by atoms with Gasteiger partial charge in [0.1, 0.15) is 11.8 Å². The van der Waals surface area contributed by atoms with Crippen LogP contribution in [0.2, 0.25) is 0 Å². The van der Waals surface area contributed by atoms with E-state index in [1.807, 2.05) is 25.1 Å². The fourth-order valence-corrected chi connectivity index (χ4v) is 3.24. The van der Waals surface area contributed by atoms with Gasteiger partial charge in [0.25, 0.3) is 5.56 Å². The van der Waals surface area contributed by atoms with Crippen LogP contribution in [0.4, 0.5) is 0 Å². The molecule has 1 aromatic carbocycles. The van der Waals surface area contributed by atoms with Crippen LogP contribution in [-0.2, 0) is 9.53 Å². The van der Waals surface area contributed by atoms with Gasteiger partial charge in [0, 0.05) is 24.5 Å². The zero-order valence-electron chi connectivity index (χ0n) is 14.2. The summed E-state index contributed by atoms with van der Waals surface area (Å²) >= 11 is 0. The lowest BCUT2D eigenvalue weighted by atomic mass is 10.1. The van der Waals surface area contributed by atoms with Crippen molar-refractivity contribution in [1.82, 2.24) is 9.47 Å². The molecule has 0 N–H and O–H groups in total. The van der Waals surface area contributed by atoms with Crippen LogP contribution in [0.5, 0.6) is 5.75 Å². The molecule has 0 spiro atoms. The van der Waals surface area contributed by atoms with Gasteiger partial charge in [-0.25, -0.2) is 0 Å². The molecule has 0 radical (unpaired) electrons. The number of amides is 1. The SMILES string of the molecule is COc1cccc2c(C)cc(=O)n([C@@H](C)C(=O)N3CCOCC3)c12. The molecule has 2 aromatic rings. The van der Waals surface area contributed by atoms with E-state index in [-0.39, 0.29) is 11.5 Å². The molecule has 3 rings (SSSR count). The second-order valence-corrected chi connectivity index (χ2v) is 6.01. The second kappa shape index (κ2) is 6.65. The molecule has 1 atom stereocenters. The Morgan fingerprint density at radius 2 is 2.00 bits per heavy atom. The highest BCUT2D eigenvalue weighted by molar-refractivity contribution is 5.90. The molecule has 6 nitrogen and oxygen atoms in total. The maximum absolute atomic E-state index is 12.8. The normalized spacial score (nSPS) is 16.2. The Labute approximate surface area is 140 Å². The third-order valence-electron chi connectivity index (χ3n) is 4.53. The molecule has 128 valence electrons. The molecule has 1 aromatic heterocycles. The number of rotatable bonds is 3. The molecular weight excluding hydrogens is 308 g/mol. The van der Waals surface area contributed by atoms with Crippen molar-refractivity contribution in [2.75, 3.05) is 33.4 Å². The first-order chi connectivity index (χ1) is 11.5. The Morgan fingerprint density at radius 3 is 2.67 bits per heavy atom. The minimum Gasteiger partial charge on any atom is -0.495 e. The third kappa shape index (κ3) is 2.78. The van der Waals surface area contributed by atoms with Crippen molar-refractivity contribution in [1.29, 1.82) is 0 Å². The van der Waals surface area contributed by atoms with Gasteiger partial charge in [0.15, 0.2) is 0 Å². The van der Waals surface area contributed by atoms with Gasteiger partial charge in [-0.1, -0.05) is 12.1 Å². The highest BCUT2D eigenvalue weighted by Gasteiger charge is 2.26. The molecule has 2 heterocycles. The van der Waals surface area contributed by atoms with Crippen molar-refractivity contribution in [2.45, 2.75) is 19.9 Å². The van der Waals surface area contributed by atoms with Crippen LogP contribution < -0.4 is 10.3 Å². The number of benzene rings is 1. The molecule has 0 aliphatic carbocycles. The molecule has 1 aliphatic rings. The lowest BCUT2D eigenvalue weighted by Gasteiger charge is -2.30. The van der Waals surface area contributed by atoms with Crippen LogP contribution in [0, 0.1) is 6.92 Å². The summed E-state index contributed by atoms with van der Waals surface area (Å²) in [5.74, 6) is 0.520. The first-order valence-electron chi connectivity index (χ1n) is 8.10. The summed E-state index contributed by atoms with van der Waals surface area (Å²) in [5, 5.41) is 0.913. The number of nitrogens with zero attached hydrogens (tertiary/aromatic N) is 2. The molecular formula is C18H22N2O4. The lowest BCUT2D eigenvalue weighted by molar-refractivity contribution is -0.138. The number of hydrogen-bond donors (Lipinski definition) is 0. The van der Waals surface area contributed by atoms with Crippen LogP contribution in [0.15, 0.2) is 29.1 Å². The lowest BCUT2D eigenvalue weighted by Crippen LogP contribution is -2.45. The number of morpholine rings is 1. The number of ether oxygens (including phenoxy) is 2. The number of carbonyl (C=O) groups excluding carboxylic acids is 1. The van der Waals surface area contributed by atoms with Gasteiger partial charge in [-0.15, -0.1) is 0 Å². The van der Waals surface area contributed by atoms with Gasteiger partial charge >= 0.3 is 0 Å². The topological polar surface area (TPSA) is 60.8 Å². The van der Waals surface area contributed by atoms with Crippen molar-refractivity contribution in [3.63, 3.8) is 0 Å². The number of hydrogen-bond acceptors (Lipinski definition) is 4. The standard InChI is InChI=1S/C18H22N2O4/c1-12-11-16(21)20(17-14(12)5-4-6-15(17)23-3)13(2)18(22)19-7-9-24-10-8-19/h4-6,11,13H,7-10H2,1-3H3/t13-/m0/s1. The van der Waals surface area contributed by atoms with Crippen LogP contribution in [-0.4, -0.2) is 48.8 Å². The first-order valence-corrected chi connectivity index (χ1v) is 8.10. The van der Waals surface area contributed by atoms with Crippen molar-refractivity contribution in [3.05, 3.63) is 40.2 Å². The number of aryl methyl sites for hydroxylation is 1. The molecule has 1 aliphatic heterocycles. The zero-order chi connectivity index (χ0) is 17.3. The summed E-state index contributed by atoms with van der Waals surface area (Å²) in [6.45, 7) is 5.83. The van der Waals surface area contributed by atoms with Gasteiger partial charge in [0.05, 0.1) is 25.8 Å². The van der Waals surface area contributed by atoms with Crippen molar-refractivity contribution >= 4 is 16.8 Å². The minimum absolute atomic E-state index is 0.0727. The zero-order valence-corrected chi connectivity index (χ0v) is 14.2. The molecule has 24 heavy (non-hydrogen) atoms. The Hall–Kier alpha value is -2.34. The van der Waals surface area contributed by atoms with E-state index in [1.54, 1.807) is 29.6 Å². The van der Waals surface area contributed by atoms with E-state index >= 15 is 0 Å². The minimum atomic E-state index is -0.602. The van der Waals surface area contributed by atoms with E-state index in [2.05, 4.69) is 0 Å². The van der Waals surface area contributed by atoms with Gasteiger partial charge in [-0.2, -0.15) is 0 Å². The molecule has 0 unspecified atom stereocenters. The fraction of sp³-hybridized carbons (Fsp3) is 0.444. The maximum atomic E-state index is 12.8. The summed E-state index contributed by atoms with van der Waals surface area (Å²) in [6.07, 6.45) is 0. The second-order valence-electron chi connectivity index (χ2n) is 6.01. The maximum Gasteiger partial charge on any atom is 0.252 e. The largest absolute Gasteiger partial charge is 0.495 e.